The van der Waals surface area contributed by atoms with Crippen LogP contribution in [0.1, 0.15) is 17.3 Å². The van der Waals surface area contributed by atoms with Gasteiger partial charge in [-0.15, -0.1) is 0 Å². The lowest BCUT2D eigenvalue weighted by Crippen LogP contribution is -2.36. The minimum absolute atomic E-state index is 0.302. The van der Waals surface area contributed by atoms with Crippen molar-refractivity contribution in [2.45, 2.75) is 12.1 Å². The van der Waals surface area contributed by atoms with E-state index in [0.29, 0.717) is 23.1 Å². The van der Waals surface area contributed by atoms with Crippen LogP contribution in [0.5, 0.6) is 0 Å². The summed E-state index contributed by atoms with van der Waals surface area (Å²) in [7, 11) is 0. The average molecular weight is 374 g/mol. The molecule has 26 heavy (non-hydrogen) atoms. The summed E-state index contributed by atoms with van der Waals surface area (Å²) in [5.41, 5.74) is 2.32. The monoisotopic (exact) mass is 374 g/mol. The molecule has 1 saturated heterocycles. The molecule has 2 heterocycles. The van der Waals surface area contributed by atoms with Crippen LogP contribution in [0.15, 0.2) is 35.6 Å². The molecule has 3 rings (SSSR count). The van der Waals surface area contributed by atoms with Gasteiger partial charge < -0.3 is 19.7 Å². The van der Waals surface area contributed by atoms with Crippen LogP contribution in [-0.4, -0.2) is 55.1 Å². The van der Waals surface area contributed by atoms with E-state index in [1.807, 2.05) is 30.5 Å². The second-order valence-corrected chi connectivity index (χ2v) is 6.38. The molecule has 1 fully saturated rings. The van der Waals surface area contributed by atoms with Crippen LogP contribution in [0.3, 0.4) is 0 Å². The third-order valence-corrected chi connectivity index (χ3v) is 4.51. The molecule has 0 saturated carbocycles. The van der Waals surface area contributed by atoms with Gasteiger partial charge in [0.05, 0.1) is 19.8 Å². The van der Waals surface area contributed by atoms with E-state index in [1.165, 1.54) is 18.0 Å². The third-order valence-electron chi connectivity index (χ3n) is 3.95. The molecule has 0 atom stereocenters. The number of hydrogen-bond acceptors (Lipinski definition) is 8. The van der Waals surface area contributed by atoms with Crippen molar-refractivity contribution >= 4 is 34.9 Å². The number of morpholine rings is 1. The van der Waals surface area contributed by atoms with Gasteiger partial charge in [-0.2, -0.15) is 0 Å². The molecule has 2 aromatic rings. The van der Waals surface area contributed by atoms with Gasteiger partial charge in [-0.25, -0.2) is 14.8 Å². The first-order valence-corrected chi connectivity index (χ1v) is 9.71. The Balaban J connectivity index is 1.79. The standard InChI is InChI=1S/C18H22N4O3S/c1-3-25-17(23)15-12-19-18(26-2)21-16(15)20-13-4-6-14(7-5-13)22-8-10-24-11-9-22/h4-7,12H,3,8-11H2,1-2H3,(H,19,20,21). The van der Waals surface area contributed by atoms with Crippen LogP contribution >= 0.6 is 11.8 Å². The molecule has 0 bridgehead atoms. The predicted octanol–water partition coefficient (Wildman–Crippen LogP) is 2.96. The minimum Gasteiger partial charge on any atom is -0.462 e. The second-order valence-electron chi connectivity index (χ2n) is 5.61. The Bertz CT molecular complexity index is 749. The van der Waals surface area contributed by atoms with Crippen molar-refractivity contribution in [3.8, 4) is 0 Å². The number of esters is 1. The maximum atomic E-state index is 12.1. The fourth-order valence-corrected chi connectivity index (χ4v) is 2.97. The highest BCUT2D eigenvalue weighted by Crippen LogP contribution is 2.24. The van der Waals surface area contributed by atoms with E-state index in [9.17, 15) is 4.79 Å². The summed E-state index contributed by atoms with van der Waals surface area (Å²) in [6, 6.07) is 8.05. The van der Waals surface area contributed by atoms with Crippen molar-refractivity contribution in [1.29, 1.82) is 0 Å². The molecular formula is C18H22N4O3S. The zero-order valence-electron chi connectivity index (χ0n) is 14.9. The first kappa shape index (κ1) is 18.5. The van der Waals surface area contributed by atoms with Crippen LogP contribution in [-0.2, 0) is 9.47 Å². The maximum Gasteiger partial charge on any atom is 0.343 e. The first-order valence-electron chi connectivity index (χ1n) is 8.49. The van der Waals surface area contributed by atoms with Gasteiger partial charge in [0.2, 0.25) is 0 Å². The average Bonchev–Trinajstić information content (AvgIpc) is 2.69. The van der Waals surface area contributed by atoms with E-state index in [1.54, 1.807) is 6.92 Å². The van der Waals surface area contributed by atoms with Gasteiger partial charge in [-0.3, -0.25) is 0 Å². The van der Waals surface area contributed by atoms with E-state index >= 15 is 0 Å². The summed E-state index contributed by atoms with van der Waals surface area (Å²) in [5, 5.41) is 3.80. The first-order chi connectivity index (χ1) is 12.7. The molecule has 138 valence electrons. The van der Waals surface area contributed by atoms with Crippen LogP contribution in [0.4, 0.5) is 17.2 Å². The molecule has 8 heteroatoms. The fraction of sp³-hybridized carbons (Fsp3) is 0.389. The number of benzene rings is 1. The summed E-state index contributed by atoms with van der Waals surface area (Å²) in [4.78, 5) is 23.0. The van der Waals surface area contributed by atoms with E-state index in [4.69, 9.17) is 9.47 Å². The van der Waals surface area contributed by atoms with Crippen molar-refractivity contribution in [1.82, 2.24) is 9.97 Å². The number of carbonyl (C=O) groups excluding carboxylic acids is 1. The summed E-state index contributed by atoms with van der Waals surface area (Å²) in [6.07, 6.45) is 3.39. The van der Waals surface area contributed by atoms with Gasteiger partial charge in [0.15, 0.2) is 5.16 Å². The van der Waals surface area contributed by atoms with Gasteiger partial charge in [0, 0.05) is 30.7 Å². The van der Waals surface area contributed by atoms with E-state index in [-0.39, 0.29) is 0 Å². The van der Waals surface area contributed by atoms with Crippen molar-refractivity contribution < 1.29 is 14.3 Å². The fourth-order valence-electron chi connectivity index (χ4n) is 2.63. The lowest BCUT2D eigenvalue weighted by Gasteiger charge is -2.28. The molecule has 7 nitrogen and oxygen atoms in total. The zero-order valence-corrected chi connectivity index (χ0v) is 15.7. The number of carbonyl (C=O) groups is 1. The normalized spacial score (nSPS) is 14.2. The highest BCUT2D eigenvalue weighted by atomic mass is 32.2. The van der Waals surface area contributed by atoms with Gasteiger partial charge in [-0.1, -0.05) is 11.8 Å². The maximum absolute atomic E-state index is 12.1. The summed E-state index contributed by atoms with van der Waals surface area (Å²) in [6.45, 7) is 5.36. The van der Waals surface area contributed by atoms with Crippen LogP contribution in [0.25, 0.3) is 0 Å². The van der Waals surface area contributed by atoms with E-state index < -0.39 is 5.97 Å². The number of ether oxygens (including phenoxy) is 2. The number of thioether (sulfide) groups is 1. The molecule has 1 N–H and O–H groups in total. The Hall–Kier alpha value is -2.32. The molecule has 0 aliphatic carbocycles. The summed E-state index contributed by atoms with van der Waals surface area (Å²) >= 11 is 1.42. The number of anilines is 3. The lowest BCUT2D eigenvalue weighted by atomic mass is 10.2. The van der Waals surface area contributed by atoms with E-state index in [0.717, 1.165) is 37.7 Å². The Labute approximate surface area is 157 Å². The summed E-state index contributed by atoms with van der Waals surface area (Å²) in [5.74, 6) is 0.00881. The molecule has 1 aliphatic rings. The molecule has 0 radical (unpaired) electrons. The van der Waals surface area contributed by atoms with Crippen LogP contribution in [0, 0.1) is 0 Å². The molecule has 0 spiro atoms. The second kappa shape index (κ2) is 8.86. The number of rotatable bonds is 6. The Morgan fingerprint density at radius 3 is 2.69 bits per heavy atom. The van der Waals surface area contributed by atoms with Crippen molar-refractivity contribution in [3.05, 3.63) is 36.0 Å². The molecule has 0 amide bonds. The minimum atomic E-state index is -0.437. The van der Waals surface area contributed by atoms with Crippen molar-refractivity contribution in [2.24, 2.45) is 0 Å². The van der Waals surface area contributed by atoms with Crippen LogP contribution in [0.2, 0.25) is 0 Å². The van der Waals surface area contributed by atoms with Gasteiger partial charge in [-0.05, 0) is 37.4 Å². The van der Waals surface area contributed by atoms with Gasteiger partial charge >= 0.3 is 5.97 Å². The number of nitrogens with one attached hydrogen (secondary N) is 1. The predicted molar refractivity (Wildman–Crippen MR) is 103 cm³/mol. The Morgan fingerprint density at radius 1 is 1.31 bits per heavy atom. The summed E-state index contributed by atoms with van der Waals surface area (Å²) < 4.78 is 10.5. The Morgan fingerprint density at radius 2 is 2.04 bits per heavy atom. The molecule has 1 aromatic carbocycles. The third kappa shape index (κ3) is 4.44. The quantitative estimate of drug-likeness (QED) is 0.470. The highest BCUT2D eigenvalue weighted by molar-refractivity contribution is 7.98. The molecule has 1 aliphatic heterocycles. The topological polar surface area (TPSA) is 76.6 Å². The van der Waals surface area contributed by atoms with Gasteiger partial charge in [0.25, 0.3) is 0 Å². The number of nitrogens with zero attached hydrogens (tertiary/aromatic N) is 3. The van der Waals surface area contributed by atoms with Crippen LogP contribution < -0.4 is 10.2 Å². The highest BCUT2D eigenvalue weighted by Gasteiger charge is 2.16. The van der Waals surface area contributed by atoms with Crippen molar-refractivity contribution in [3.63, 3.8) is 0 Å². The molecular weight excluding hydrogens is 352 g/mol. The molecule has 1 aromatic heterocycles. The van der Waals surface area contributed by atoms with Crippen molar-refractivity contribution in [2.75, 3.05) is 49.4 Å². The number of hydrogen-bond donors (Lipinski definition) is 1. The van der Waals surface area contributed by atoms with E-state index in [2.05, 4.69) is 20.2 Å². The molecule has 0 unspecified atom stereocenters. The smallest absolute Gasteiger partial charge is 0.343 e. The Kier molecular flexibility index (Phi) is 6.30. The van der Waals surface area contributed by atoms with Gasteiger partial charge in [0.1, 0.15) is 11.4 Å². The largest absolute Gasteiger partial charge is 0.462 e. The number of aromatic nitrogens is 2. The zero-order chi connectivity index (χ0) is 18.4. The lowest BCUT2D eigenvalue weighted by molar-refractivity contribution is 0.0526. The SMILES string of the molecule is CCOC(=O)c1cnc(SC)nc1Nc1ccc(N2CCOCC2)cc1.